The van der Waals surface area contributed by atoms with Gasteiger partial charge in [0.25, 0.3) is 0 Å². The summed E-state index contributed by atoms with van der Waals surface area (Å²) < 4.78 is 41.3. The van der Waals surface area contributed by atoms with Gasteiger partial charge in [0.2, 0.25) is 5.91 Å². The lowest BCUT2D eigenvalue weighted by molar-refractivity contribution is -0.213. The fourth-order valence-corrected chi connectivity index (χ4v) is 2.44. The maximum atomic E-state index is 13.3. The average Bonchev–Trinajstić information content (AvgIpc) is 2.91. The molecule has 8 heteroatoms. The maximum Gasteiger partial charge on any atom is 0.404 e. The lowest BCUT2D eigenvalue weighted by Crippen LogP contribution is -2.49. The summed E-state index contributed by atoms with van der Waals surface area (Å²) in [6, 6.07) is 0. The molecule has 0 bridgehead atoms. The Bertz CT molecular complexity index is 530. The van der Waals surface area contributed by atoms with Gasteiger partial charge in [-0.05, 0) is 26.8 Å². The number of alkyl halides is 3. The minimum absolute atomic E-state index is 0.179. The van der Waals surface area contributed by atoms with Crippen molar-refractivity contribution < 1.29 is 18.0 Å². The molecule has 0 radical (unpaired) electrons. The number of hydrogen-bond donors (Lipinski definition) is 2. The molecule has 1 aromatic rings. The van der Waals surface area contributed by atoms with Gasteiger partial charge < -0.3 is 10.6 Å². The number of nitrogens with zero attached hydrogens (tertiary/aromatic N) is 2. The molecule has 2 rings (SSSR count). The second kappa shape index (κ2) is 4.76. The quantitative estimate of drug-likeness (QED) is 0.868. The molecule has 0 aromatic carbocycles. The highest BCUT2D eigenvalue weighted by molar-refractivity contribution is 5.97. The zero-order valence-corrected chi connectivity index (χ0v) is 11.6. The highest BCUT2D eigenvalue weighted by Crippen LogP contribution is 2.44. The van der Waals surface area contributed by atoms with Crippen LogP contribution in [0.2, 0.25) is 0 Å². The van der Waals surface area contributed by atoms with Gasteiger partial charge in [0.1, 0.15) is 0 Å². The molecule has 1 unspecified atom stereocenters. The van der Waals surface area contributed by atoms with Crippen LogP contribution in [0.3, 0.4) is 0 Å². The Morgan fingerprint density at radius 1 is 1.45 bits per heavy atom. The van der Waals surface area contributed by atoms with Gasteiger partial charge in [-0.1, -0.05) is 0 Å². The summed E-state index contributed by atoms with van der Waals surface area (Å²) >= 11 is 0. The molecular formula is C12H17F3N4O. The van der Waals surface area contributed by atoms with E-state index in [0.29, 0.717) is 17.1 Å². The zero-order chi connectivity index (χ0) is 15.1. The molecule has 0 saturated carbocycles. The first-order chi connectivity index (χ1) is 9.19. The third-order valence-electron chi connectivity index (χ3n) is 3.88. The van der Waals surface area contributed by atoms with Crippen molar-refractivity contribution in [2.24, 2.45) is 12.5 Å². The Morgan fingerprint density at radius 3 is 2.50 bits per heavy atom. The molecule has 1 atom stereocenters. The second-order valence-electron chi connectivity index (χ2n) is 5.13. The molecule has 1 aromatic heterocycles. The number of aromatic nitrogens is 2. The van der Waals surface area contributed by atoms with Crippen LogP contribution < -0.4 is 10.6 Å². The highest BCUT2D eigenvalue weighted by atomic mass is 19.4. The fourth-order valence-electron chi connectivity index (χ4n) is 2.44. The third kappa shape index (κ3) is 2.17. The van der Waals surface area contributed by atoms with Gasteiger partial charge in [0, 0.05) is 13.6 Å². The summed E-state index contributed by atoms with van der Waals surface area (Å²) in [7, 11) is 1.68. The largest absolute Gasteiger partial charge is 0.404 e. The molecule has 20 heavy (non-hydrogen) atoms. The SMILES string of the molecule is Cc1nn(C)c(C)c1NC(=O)C1(C(F)(F)F)CCNC1. The second-order valence-corrected chi connectivity index (χ2v) is 5.13. The summed E-state index contributed by atoms with van der Waals surface area (Å²) in [5.74, 6) is -1.02. The van der Waals surface area contributed by atoms with Gasteiger partial charge in [-0.25, -0.2) is 0 Å². The predicted molar refractivity (Wildman–Crippen MR) is 67.3 cm³/mol. The number of carbonyl (C=O) groups excluding carboxylic acids is 1. The maximum absolute atomic E-state index is 13.3. The van der Waals surface area contributed by atoms with Crippen LogP contribution in [-0.4, -0.2) is 35.0 Å². The Labute approximate surface area is 114 Å². The first kappa shape index (κ1) is 14.8. The predicted octanol–water partition coefficient (Wildman–Crippen LogP) is 1.52. The monoisotopic (exact) mass is 290 g/mol. The van der Waals surface area contributed by atoms with Crippen molar-refractivity contribution in [1.82, 2.24) is 15.1 Å². The molecule has 5 nitrogen and oxygen atoms in total. The van der Waals surface area contributed by atoms with E-state index in [1.165, 1.54) is 4.68 Å². The highest BCUT2D eigenvalue weighted by Gasteiger charge is 2.61. The van der Waals surface area contributed by atoms with E-state index in [0.717, 1.165) is 0 Å². The molecule has 0 spiro atoms. The average molecular weight is 290 g/mol. The molecule has 1 aliphatic heterocycles. The Hall–Kier alpha value is -1.57. The van der Waals surface area contributed by atoms with Crippen LogP contribution in [0, 0.1) is 19.3 Å². The van der Waals surface area contributed by atoms with Crippen LogP contribution in [0.4, 0.5) is 18.9 Å². The number of carbonyl (C=O) groups is 1. The lowest BCUT2D eigenvalue weighted by atomic mass is 9.85. The minimum Gasteiger partial charge on any atom is -0.322 e. The van der Waals surface area contributed by atoms with E-state index in [1.807, 2.05) is 0 Å². The molecule has 1 aliphatic rings. The van der Waals surface area contributed by atoms with Crippen LogP contribution in [-0.2, 0) is 11.8 Å². The molecule has 0 aliphatic carbocycles. The summed E-state index contributed by atoms with van der Waals surface area (Å²) in [5, 5.41) is 9.11. The third-order valence-corrected chi connectivity index (χ3v) is 3.88. The van der Waals surface area contributed by atoms with Gasteiger partial charge in [0.05, 0.1) is 17.1 Å². The molecule has 2 heterocycles. The molecule has 1 amide bonds. The van der Waals surface area contributed by atoms with E-state index in [4.69, 9.17) is 0 Å². The Morgan fingerprint density at radius 2 is 2.10 bits per heavy atom. The molecular weight excluding hydrogens is 273 g/mol. The first-order valence-corrected chi connectivity index (χ1v) is 6.28. The van der Waals surface area contributed by atoms with Crippen molar-refractivity contribution in [3.8, 4) is 0 Å². The Balaban J connectivity index is 2.31. The molecule has 2 N–H and O–H groups in total. The van der Waals surface area contributed by atoms with Crippen LogP contribution >= 0.6 is 0 Å². The zero-order valence-electron chi connectivity index (χ0n) is 11.6. The van der Waals surface area contributed by atoms with Crippen molar-refractivity contribution >= 4 is 11.6 Å². The summed E-state index contributed by atoms with van der Waals surface area (Å²) in [6.45, 7) is 3.14. The lowest BCUT2D eigenvalue weighted by Gasteiger charge is -2.29. The van der Waals surface area contributed by atoms with Crippen molar-refractivity contribution in [2.45, 2.75) is 26.4 Å². The van der Waals surface area contributed by atoms with E-state index in [-0.39, 0.29) is 19.5 Å². The van der Waals surface area contributed by atoms with Gasteiger partial charge >= 0.3 is 6.18 Å². The topological polar surface area (TPSA) is 59.0 Å². The minimum atomic E-state index is -4.58. The summed E-state index contributed by atoms with van der Waals surface area (Å²) in [4.78, 5) is 12.2. The number of hydrogen-bond acceptors (Lipinski definition) is 3. The van der Waals surface area contributed by atoms with E-state index in [1.54, 1.807) is 20.9 Å². The smallest absolute Gasteiger partial charge is 0.322 e. The summed E-state index contributed by atoms with van der Waals surface area (Å²) in [5.41, 5.74) is -0.879. The number of amides is 1. The number of rotatable bonds is 2. The van der Waals surface area contributed by atoms with Crippen molar-refractivity contribution in [2.75, 3.05) is 18.4 Å². The van der Waals surface area contributed by atoms with Crippen molar-refractivity contribution in [3.63, 3.8) is 0 Å². The van der Waals surface area contributed by atoms with E-state index in [9.17, 15) is 18.0 Å². The van der Waals surface area contributed by atoms with E-state index < -0.39 is 17.5 Å². The van der Waals surface area contributed by atoms with Crippen LogP contribution in [0.15, 0.2) is 0 Å². The van der Waals surface area contributed by atoms with Crippen LogP contribution in [0.25, 0.3) is 0 Å². The van der Waals surface area contributed by atoms with Gasteiger partial charge in [-0.2, -0.15) is 18.3 Å². The van der Waals surface area contributed by atoms with Crippen molar-refractivity contribution in [3.05, 3.63) is 11.4 Å². The molecule has 1 saturated heterocycles. The molecule has 1 fully saturated rings. The number of halogens is 3. The van der Waals surface area contributed by atoms with E-state index in [2.05, 4.69) is 15.7 Å². The first-order valence-electron chi connectivity index (χ1n) is 6.28. The number of aryl methyl sites for hydroxylation is 2. The normalized spacial score (nSPS) is 23.1. The van der Waals surface area contributed by atoms with Gasteiger partial charge in [-0.3, -0.25) is 9.48 Å². The van der Waals surface area contributed by atoms with E-state index >= 15 is 0 Å². The fraction of sp³-hybridized carbons (Fsp3) is 0.667. The van der Waals surface area contributed by atoms with Crippen LogP contribution in [0.1, 0.15) is 17.8 Å². The van der Waals surface area contributed by atoms with Gasteiger partial charge in [0.15, 0.2) is 5.41 Å². The number of anilines is 1. The standard InChI is InChI=1S/C12H17F3N4O/c1-7-9(8(2)19(3)18-7)17-10(20)11(12(13,14)15)4-5-16-6-11/h16H,4-6H2,1-3H3,(H,17,20). The Kier molecular flexibility index (Phi) is 3.53. The number of nitrogens with one attached hydrogen (secondary N) is 2. The van der Waals surface area contributed by atoms with Crippen LogP contribution in [0.5, 0.6) is 0 Å². The summed E-state index contributed by atoms with van der Waals surface area (Å²) in [6.07, 6.45) is -4.83. The molecule has 112 valence electrons. The van der Waals surface area contributed by atoms with Crippen molar-refractivity contribution in [1.29, 1.82) is 0 Å². The van der Waals surface area contributed by atoms with Gasteiger partial charge in [-0.15, -0.1) is 0 Å².